The predicted molar refractivity (Wildman–Crippen MR) is 99.7 cm³/mol. The zero-order valence-corrected chi connectivity index (χ0v) is 15.8. The first-order valence-electron chi connectivity index (χ1n) is 9.03. The van der Waals surface area contributed by atoms with Gasteiger partial charge >= 0.3 is 11.9 Å². The van der Waals surface area contributed by atoms with Gasteiger partial charge in [-0.25, -0.2) is 4.79 Å². The van der Waals surface area contributed by atoms with E-state index in [0.717, 1.165) is 5.57 Å². The predicted octanol–water partition coefficient (Wildman–Crippen LogP) is 2.59. The normalized spacial score (nSPS) is 31.6. The topological polar surface area (TPSA) is 101 Å². The molecule has 1 unspecified atom stereocenters. The molecule has 0 aliphatic heterocycles. The number of allylic oxidation sites excluding steroid dienone is 5. The van der Waals surface area contributed by atoms with Crippen LogP contribution in [-0.4, -0.2) is 40.1 Å². The Balaban J connectivity index is 1.99. The van der Waals surface area contributed by atoms with Crippen LogP contribution in [0.1, 0.15) is 33.6 Å². The molecule has 0 saturated heterocycles. The summed E-state index contributed by atoms with van der Waals surface area (Å²) in [6.07, 6.45) is 10.0. The van der Waals surface area contributed by atoms with Crippen molar-refractivity contribution < 1.29 is 29.3 Å². The number of hydrogen-bond acceptors (Lipinski definition) is 5. The van der Waals surface area contributed by atoms with Crippen LogP contribution >= 0.6 is 0 Å². The van der Waals surface area contributed by atoms with Crippen LogP contribution in [0.2, 0.25) is 0 Å². The summed E-state index contributed by atoms with van der Waals surface area (Å²) in [7, 11) is 0. The molecule has 6 nitrogen and oxygen atoms in total. The highest BCUT2D eigenvalue weighted by atomic mass is 16.5. The summed E-state index contributed by atoms with van der Waals surface area (Å²) in [5, 5.41) is 18.6. The number of fused-ring (bicyclic) bond motifs is 1. The summed E-state index contributed by atoms with van der Waals surface area (Å²) in [5.41, 5.74) is 0.409. The number of rotatable bonds is 6. The molecule has 5 atom stereocenters. The third-order valence-corrected chi connectivity index (χ3v) is 5.40. The Bertz CT molecular complexity index is 729. The Labute approximate surface area is 158 Å². The van der Waals surface area contributed by atoms with Gasteiger partial charge in [0, 0.05) is 17.4 Å². The minimum absolute atomic E-state index is 0.0297. The molecule has 2 N–H and O–H groups in total. The molecule has 0 aromatic rings. The fourth-order valence-electron chi connectivity index (χ4n) is 3.50. The average molecular weight is 374 g/mol. The van der Waals surface area contributed by atoms with Crippen molar-refractivity contribution in [3.63, 3.8) is 0 Å². The quantitative estimate of drug-likeness (QED) is 0.421. The fraction of sp³-hybridized carbons (Fsp3) is 0.476. The van der Waals surface area contributed by atoms with Crippen molar-refractivity contribution in [1.82, 2.24) is 0 Å². The lowest BCUT2D eigenvalue weighted by molar-refractivity contribution is -0.146. The van der Waals surface area contributed by atoms with Crippen molar-refractivity contribution in [2.75, 3.05) is 0 Å². The average Bonchev–Trinajstić information content (AvgIpc) is 2.57. The van der Waals surface area contributed by atoms with Gasteiger partial charge in [-0.05, 0) is 30.1 Å². The summed E-state index contributed by atoms with van der Waals surface area (Å²) in [6, 6.07) is 0. The van der Waals surface area contributed by atoms with Crippen molar-refractivity contribution in [2.45, 2.75) is 45.8 Å². The second kappa shape index (κ2) is 8.48. The second-order valence-corrected chi connectivity index (χ2v) is 7.51. The number of carboxylic acids is 1. The third-order valence-electron chi connectivity index (χ3n) is 5.40. The molecule has 0 heterocycles. The van der Waals surface area contributed by atoms with Gasteiger partial charge in [0.1, 0.15) is 12.2 Å². The fourth-order valence-corrected chi connectivity index (χ4v) is 3.50. The summed E-state index contributed by atoms with van der Waals surface area (Å²) < 4.78 is 5.52. The highest BCUT2D eigenvalue weighted by molar-refractivity contribution is 5.96. The third kappa shape index (κ3) is 5.04. The van der Waals surface area contributed by atoms with E-state index in [1.54, 1.807) is 31.2 Å². The van der Waals surface area contributed by atoms with Crippen LogP contribution in [-0.2, 0) is 19.1 Å². The van der Waals surface area contributed by atoms with Gasteiger partial charge in [0.2, 0.25) is 0 Å². The summed E-state index contributed by atoms with van der Waals surface area (Å²) in [5.74, 6) is -1.89. The van der Waals surface area contributed by atoms with E-state index in [2.05, 4.69) is 0 Å². The van der Waals surface area contributed by atoms with Crippen molar-refractivity contribution in [3.05, 3.63) is 48.1 Å². The summed E-state index contributed by atoms with van der Waals surface area (Å²) in [4.78, 5) is 34.4. The van der Waals surface area contributed by atoms with E-state index in [0.29, 0.717) is 6.42 Å². The first kappa shape index (κ1) is 20.8. The Morgan fingerprint density at radius 3 is 2.78 bits per heavy atom. The molecule has 2 rings (SSSR count). The number of carbonyl (C=O) groups is 3. The number of carbonyl (C=O) groups excluding carboxylic acids is 2. The maximum absolute atomic E-state index is 12.1. The van der Waals surface area contributed by atoms with Crippen molar-refractivity contribution in [1.29, 1.82) is 0 Å². The van der Waals surface area contributed by atoms with Gasteiger partial charge in [0.25, 0.3) is 0 Å². The number of aliphatic hydroxyl groups excluding tert-OH is 1. The van der Waals surface area contributed by atoms with E-state index in [1.807, 2.05) is 13.8 Å². The molecule has 0 aromatic heterocycles. The number of aliphatic hydroxyl groups is 1. The van der Waals surface area contributed by atoms with E-state index in [-0.39, 0.29) is 24.0 Å². The first-order chi connectivity index (χ1) is 12.6. The van der Waals surface area contributed by atoms with Gasteiger partial charge < -0.3 is 14.9 Å². The first-order valence-corrected chi connectivity index (χ1v) is 9.03. The lowest BCUT2D eigenvalue weighted by Gasteiger charge is -2.45. The number of aliphatic carboxylic acids is 1. The van der Waals surface area contributed by atoms with E-state index in [4.69, 9.17) is 9.84 Å². The summed E-state index contributed by atoms with van der Waals surface area (Å²) >= 11 is 0. The Morgan fingerprint density at radius 2 is 2.11 bits per heavy atom. The van der Waals surface area contributed by atoms with Gasteiger partial charge in [-0.1, -0.05) is 45.1 Å². The number of ether oxygens (including phenoxy) is 1. The van der Waals surface area contributed by atoms with Crippen LogP contribution < -0.4 is 0 Å². The van der Waals surface area contributed by atoms with Gasteiger partial charge in [-0.15, -0.1) is 0 Å². The smallest absolute Gasteiger partial charge is 0.331 e. The molecule has 0 radical (unpaired) electrons. The molecule has 2 aliphatic rings. The largest absolute Gasteiger partial charge is 0.481 e. The summed E-state index contributed by atoms with van der Waals surface area (Å²) in [6.45, 7) is 5.68. The molecule has 0 amide bonds. The maximum Gasteiger partial charge on any atom is 0.331 e. The molecule has 27 heavy (non-hydrogen) atoms. The minimum Gasteiger partial charge on any atom is -0.481 e. The molecular weight excluding hydrogens is 348 g/mol. The van der Waals surface area contributed by atoms with Crippen molar-refractivity contribution >= 4 is 17.7 Å². The molecule has 6 heteroatoms. The lowest BCUT2D eigenvalue weighted by atomic mass is 9.61. The standard InChI is InChI=1S/C21H26O6/c1-13(10-19(24)25)6-4-5-7-20(26)27-18-9-8-15-11-16(22)17(23)12-21(15,3)14(18)2/h4-9,11,13-14,17-18,23H,10,12H2,1-3H3,(H,24,25)/b6-4+,7-5+/t13?,14-,17+,18-,21+/m0/s1. The van der Waals surface area contributed by atoms with Crippen LogP contribution in [0.5, 0.6) is 0 Å². The molecular formula is C21H26O6. The highest BCUT2D eigenvalue weighted by Gasteiger charge is 2.46. The SMILES string of the molecule is CC(/C=C/C=C/C(=O)O[C@H]1C=CC2=CC(=O)[C@H](O)C[C@]2(C)[C@H]1C)CC(=O)O. The number of hydrogen-bond donors (Lipinski definition) is 2. The van der Waals surface area contributed by atoms with Crippen LogP contribution in [0, 0.1) is 17.3 Å². The molecule has 0 saturated carbocycles. The molecule has 0 spiro atoms. The second-order valence-electron chi connectivity index (χ2n) is 7.51. The number of carboxylic acid groups (broad SMARTS) is 1. The Kier molecular flexibility index (Phi) is 6.54. The zero-order chi connectivity index (χ0) is 20.2. The Morgan fingerprint density at radius 1 is 1.41 bits per heavy atom. The highest BCUT2D eigenvalue weighted by Crippen LogP contribution is 2.48. The lowest BCUT2D eigenvalue weighted by Crippen LogP contribution is -2.45. The van der Waals surface area contributed by atoms with Gasteiger partial charge in [-0.3, -0.25) is 9.59 Å². The van der Waals surface area contributed by atoms with E-state index in [9.17, 15) is 19.5 Å². The van der Waals surface area contributed by atoms with Gasteiger partial charge in [-0.2, -0.15) is 0 Å². The van der Waals surface area contributed by atoms with Crippen LogP contribution in [0.4, 0.5) is 0 Å². The van der Waals surface area contributed by atoms with Crippen LogP contribution in [0.25, 0.3) is 0 Å². The molecule has 0 bridgehead atoms. The number of esters is 1. The van der Waals surface area contributed by atoms with E-state index >= 15 is 0 Å². The van der Waals surface area contributed by atoms with Crippen LogP contribution in [0.15, 0.2) is 48.1 Å². The van der Waals surface area contributed by atoms with Crippen LogP contribution in [0.3, 0.4) is 0 Å². The zero-order valence-electron chi connectivity index (χ0n) is 15.8. The monoisotopic (exact) mass is 374 g/mol. The molecule has 146 valence electrons. The molecule has 2 aliphatic carbocycles. The van der Waals surface area contributed by atoms with Gasteiger partial charge in [0.15, 0.2) is 5.78 Å². The Hall–Kier alpha value is -2.47. The van der Waals surface area contributed by atoms with E-state index in [1.165, 1.54) is 18.2 Å². The van der Waals surface area contributed by atoms with Crippen molar-refractivity contribution in [2.24, 2.45) is 17.3 Å². The maximum atomic E-state index is 12.1. The van der Waals surface area contributed by atoms with Crippen molar-refractivity contribution in [3.8, 4) is 0 Å². The molecule has 0 fully saturated rings. The van der Waals surface area contributed by atoms with Gasteiger partial charge in [0.05, 0.1) is 6.42 Å². The molecule has 0 aromatic carbocycles. The minimum atomic E-state index is -1.03. The number of ketones is 1. The van der Waals surface area contributed by atoms with E-state index < -0.39 is 29.6 Å².